The Morgan fingerprint density at radius 1 is 0.688 bits per heavy atom. The predicted molar refractivity (Wildman–Crippen MR) is 54.0 cm³/mol. The Kier molecular flexibility index (Phi) is 7.27. The summed E-state index contributed by atoms with van der Waals surface area (Å²) in [6.45, 7) is 0. The molecule has 0 rings (SSSR count). The van der Waals surface area contributed by atoms with E-state index in [2.05, 4.69) is 0 Å². The standard InChI is InChI=1S/C10H16ClF5/c11-8-6-4-2-1-3-5-7-9(12,13)10(14,15)16/h1-8H2. The van der Waals surface area contributed by atoms with Crippen LogP contribution in [0.1, 0.15) is 44.9 Å². The van der Waals surface area contributed by atoms with Crippen LogP contribution >= 0.6 is 11.6 Å². The summed E-state index contributed by atoms with van der Waals surface area (Å²) in [7, 11) is 0. The van der Waals surface area contributed by atoms with Crippen molar-refractivity contribution in [3.63, 3.8) is 0 Å². The minimum Gasteiger partial charge on any atom is -0.196 e. The smallest absolute Gasteiger partial charge is 0.196 e. The Balaban J connectivity index is 3.51. The van der Waals surface area contributed by atoms with Crippen LogP contribution in [-0.2, 0) is 0 Å². The molecule has 0 radical (unpaired) electrons. The molecule has 0 atom stereocenters. The second-order valence-corrected chi connectivity index (χ2v) is 4.14. The van der Waals surface area contributed by atoms with Gasteiger partial charge >= 0.3 is 12.1 Å². The van der Waals surface area contributed by atoms with Crippen molar-refractivity contribution in [3.8, 4) is 0 Å². The van der Waals surface area contributed by atoms with Gasteiger partial charge in [0, 0.05) is 12.3 Å². The number of halogens is 6. The molecule has 0 heterocycles. The Hall–Kier alpha value is -0.0600. The van der Waals surface area contributed by atoms with Gasteiger partial charge in [-0.2, -0.15) is 22.0 Å². The second-order valence-electron chi connectivity index (χ2n) is 3.76. The monoisotopic (exact) mass is 266 g/mol. The van der Waals surface area contributed by atoms with Gasteiger partial charge in [0.1, 0.15) is 0 Å². The fraction of sp³-hybridized carbons (Fsp3) is 1.00. The van der Waals surface area contributed by atoms with Crippen molar-refractivity contribution in [2.24, 2.45) is 0 Å². The molecule has 0 unspecified atom stereocenters. The van der Waals surface area contributed by atoms with Gasteiger partial charge in [0.2, 0.25) is 0 Å². The summed E-state index contributed by atoms with van der Waals surface area (Å²) in [4.78, 5) is 0. The zero-order valence-electron chi connectivity index (χ0n) is 8.92. The maximum absolute atomic E-state index is 12.4. The van der Waals surface area contributed by atoms with Crippen LogP contribution in [0.5, 0.6) is 0 Å². The molecule has 0 nitrogen and oxygen atoms in total. The highest BCUT2D eigenvalue weighted by molar-refractivity contribution is 6.17. The fourth-order valence-corrected chi connectivity index (χ4v) is 1.48. The Morgan fingerprint density at radius 3 is 1.56 bits per heavy atom. The van der Waals surface area contributed by atoms with Gasteiger partial charge in [0.15, 0.2) is 0 Å². The normalized spacial score (nSPS) is 13.1. The van der Waals surface area contributed by atoms with Crippen LogP contribution < -0.4 is 0 Å². The zero-order chi connectivity index (χ0) is 12.7. The van der Waals surface area contributed by atoms with Gasteiger partial charge in [-0.3, -0.25) is 0 Å². The van der Waals surface area contributed by atoms with Gasteiger partial charge in [0.25, 0.3) is 0 Å². The lowest BCUT2D eigenvalue weighted by Gasteiger charge is -2.19. The molecule has 0 spiro atoms. The summed E-state index contributed by atoms with van der Waals surface area (Å²) in [6.07, 6.45) is -2.91. The van der Waals surface area contributed by atoms with Crippen molar-refractivity contribution in [2.75, 3.05) is 5.88 Å². The average molecular weight is 267 g/mol. The van der Waals surface area contributed by atoms with E-state index in [9.17, 15) is 22.0 Å². The highest BCUT2D eigenvalue weighted by Crippen LogP contribution is 2.39. The molecule has 16 heavy (non-hydrogen) atoms. The molecule has 0 aromatic heterocycles. The number of alkyl halides is 6. The summed E-state index contributed by atoms with van der Waals surface area (Å²) in [6, 6.07) is 0. The molecule has 0 saturated heterocycles. The first kappa shape index (κ1) is 15.9. The van der Waals surface area contributed by atoms with E-state index in [0.717, 1.165) is 19.3 Å². The minimum absolute atomic E-state index is 0.0899. The van der Waals surface area contributed by atoms with Crippen molar-refractivity contribution >= 4 is 11.6 Å². The lowest BCUT2D eigenvalue weighted by atomic mass is 10.1. The first-order valence-corrected chi connectivity index (χ1v) is 5.85. The second kappa shape index (κ2) is 7.30. The quantitative estimate of drug-likeness (QED) is 0.324. The number of rotatable bonds is 8. The summed E-state index contributed by atoms with van der Waals surface area (Å²) in [5.74, 6) is -3.98. The molecular weight excluding hydrogens is 251 g/mol. The average Bonchev–Trinajstić information content (AvgIpc) is 2.14. The minimum atomic E-state index is -5.41. The van der Waals surface area contributed by atoms with Crippen molar-refractivity contribution in [2.45, 2.75) is 57.0 Å². The largest absolute Gasteiger partial charge is 0.453 e. The molecule has 0 saturated carbocycles. The summed E-state index contributed by atoms with van der Waals surface area (Å²) in [5, 5.41) is 0. The third-order valence-electron chi connectivity index (χ3n) is 2.29. The van der Waals surface area contributed by atoms with Crippen molar-refractivity contribution in [1.29, 1.82) is 0 Å². The first-order valence-electron chi connectivity index (χ1n) is 5.32. The highest BCUT2D eigenvalue weighted by Gasteiger charge is 2.56. The summed E-state index contributed by atoms with van der Waals surface area (Å²) in [5.41, 5.74) is 0. The third-order valence-corrected chi connectivity index (χ3v) is 2.56. The number of unbranched alkanes of at least 4 members (excludes halogenated alkanes) is 5. The Bertz CT molecular complexity index is 179. The molecule has 0 bridgehead atoms. The van der Waals surface area contributed by atoms with E-state index in [4.69, 9.17) is 11.6 Å². The molecule has 0 fully saturated rings. The van der Waals surface area contributed by atoms with Crippen LogP contribution in [0.4, 0.5) is 22.0 Å². The van der Waals surface area contributed by atoms with E-state index < -0.39 is 18.5 Å². The zero-order valence-corrected chi connectivity index (χ0v) is 9.68. The molecule has 0 amide bonds. The van der Waals surface area contributed by atoms with Gasteiger partial charge in [-0.15, -0.1) is 11.6 Å². The molecule has 98 valence electrons. The molecule has 0 aromatic rings. The SMILES string of the molecule is FC(F)(F)C(F)(F)CCCCCCCCCl. The van der Waals surface area contributed by atoms with E-state index in [0.29, 0.717) is 18.7 Å². The van der Waals surface area contributed by atoms with E-state index >= 15 is 0 Å². The van der Waals surface area contributed by atoms with Gasteiger partial charge in [-0.25, -0.2) is 0 Å². The van der Waals surface area contributed by atoms with Crippen LogP contribution in [0.15, 0.2) is 0 Å². The number of hydrogen-bond acceptors (Lipinski definition) is 0. The first-order chi connectivity index (χ1) is 7.31. The van der Waals surface area contributed by atoms with Gasteiger partial charge in [-0.1, -0.05) is 25.7 Å². The molecule has 0 aliphatic rings. The highest BCUT2D eigenvalue weighted by atomic mass is 35.5. The van der Waals surface area contributed by atoms with E-state index in [1.807, 2.05) is 0 Å². The Morgan fingerprint density at radius 2 is 1.12 bits per heavy atom. The van der Waals surface area contributed by atoms with E-state index in [-0.39, 0.29) is 6.42 Å². The van der Waals surface area contributed by atoms with Crippen LogP contribution in [0.25, 0.3) is 0 Å². The summed E-state index contributed by atoms with van der Waals surface area (Å²) >= 11 is 5.43. The van der Waals surface area contributed by atoms with Gasteiger partial charge in [-0.05, 0) is 12.8 Å². The Labute approximate surface area is 97.2 Å². The lowest BCUT2D eigenvalue weighted by Crippen LogP contribution is -2.36. The molecule has 0 aromatic carbocycles. The van der Waals surface area contributed by atoms with E-state index in [1.54, 1.807) is 0 Å². The van der Waals surface area contributed by atoms with Crippen molar-refractivity contribution < 1.29 is 22.0 Å². The summed E-state index contributed by atoms with van der Waals surface area (Å²) < 4.78 is 60.1. The molecule has 0 aliphatic carbocycles. The van der Waals surface area contributed by atoms with Crippen LogP contribution in [0, 0.1) is 0 Å². The fourth-order valence-electron chi connectivity index (χ4n) is 1.29. The predicted octanol–water partition coefficient (Wildman–Crippen LogP) is 5.15. The number of hydrogen-bond donors (Lipinski definition) is 0. The molecule has 0 aliphatic heterocycles. The molecule has 6 heteroatoms. The topological polar surface area (TPSA) is 0 Å². The van der Waals surface area contributed by atoms with E-state index in [1.165, 1.54) is 0 Å². The van der Waals surface area contributed by atoms with Crippen LogP contribution in [-0.4, -0.2) is 18.0 Å². The maximum Gasteiger partial charge on any atom is 0.453 e. The lowest BCUT2D eigenvalue weighted by molar-refractivity contribution is -0.284. The van der Waals surface area contributed by atoms with Crippen LogP contribution in [0.2, 0.25) is 0 Å². The van der Waals surface area contributed by atoms with Gasteiger partial charge in [0.05, 0.1) is 0 Å². The maximum atomic E-state index is 12.4. The van der Waals surface area contributed by atoms with Crippen molar-refractivity contribution in [3.05, 3.63) is 0 Å². The third kappa shape index (κ3) is 6.51. The van der Waals surface area contributed by atoms with Crippen LogP contribution in [0.3, 0.4) is 0 Å². The molecular formula is C10H16ClF5. The molecule has 0 N–H and O–H groups in total. The van der Waals surface area contributed by atoms with Crippen molar-refractivity contribution in [1.82, 2.24) is 0 Å². The van der Waals surface area contributed by atoms with Gasteiger partial charge < -0.3 is 0 Å².